The lowest BCUT2D eigenvalue weighted by Crippen LogP contribution is -2.26. The van der Waals surface area contributed by atoms with Gasteiger partial charge in [0.2, 0.25) is 0 Å². The number of rotatable bonds is 3. The molecule has 1 aromatic rings. The van der Waals surface area contributed by atoms with Crippen molar-refractivity contribution < 1.29 is 13.2 Å². The molecule has 118 valence electrons. The lowest BCUT2D eigenvalue weighted by Gasteiger charge is -2.17. The molecule has 2 rings (SSSR count). The van der Waals surface area contributed by atoms with E-state index in [9.17, 15) is 13.2 Å². The average Bonchev–Trinajstić information content (AvgIpc) is 2.91. The van der Waals surface area contributed by atoms with Crippen molar-refractivity contribution in [2.24, 2.45) is 5.73 Å². The van der Waals surface area contributed by atoms with Crippen LogP contribution < -0.4 is 16.4 Å². The van der Waals surface area contributed by atoms with E-state index < -0.39 is 9.84 Å². The first kappa shape index (κ1) is 16.1. The largest absolute Gasteiger partial charge is 0.396 e. The predicted octanol–water partition coefficient (Wildman–Crippen LogP) is -0.0270. The van der Waals surface area contributed by atoms with E-state index in [0.717, 1.165) is 24.0 Å². The minimum absolute atomic E-state index is 0.00809. The number of carbonyl (C=O) groups is 1. The van der Waals surface area contributed by atoms with E-state index in [2.05, 4.69) is 0 Å². The van der Waals surface area contributed by atoms with Crippen LogP contribution in [0.4, 0.5) is 10.7 Å². The summed E-state index contributed by atoms with van der Waals surface area (Å²) >= 11 is 1.12. The second kappa shape index (κ2) is 5.47. The van der Waals surface area contributed by atoms with Crippen LogP contribution in [0, 0.1) is 0 Å². The Balaban J connectivity index is 2.58. The Labute approximate surface area is 128 Å². The van der Waals surface area contributed by atoms with Crippen LogP contribution >= 0.6 is 11.3 Å². The number of amides is 1. The average molecular weight is 332 g/mol. The van der Waals surface area contributed by atoms with Crippen molar-refractivity contribution in [3.05, 3.63) is 4.88 Å². The molecule has 21 heavy (non-hydrogen) atoms. The summed E-state index contributed by atoms with van der Waals surface area (Å²) in [4.78, 5) is 15.7. The van der Waals surface area contributed by atoms with Gasteiger partial charge in [-0.1, -0.05) is 0 Å². The number of nitrogens with zero attached hydrogens (tertiary/aromatic N) is 2. The van der Waals surface area contributed by atoms with Crippen LogP contribution in [0.2, 0.25) is 0 Å². The standard InChI is InChI=1S/C12H20N4O3S2/c1-15(2)11(17)9-8(14)10(21(3,18)19)12(20-9)16-5-4-7(13)6-16/h7H,4-6,13-14H2,1-3H3. The van der Waals surface area contributed by atoms with Crippen LogP contribution in [0.25, 0.3) is 0 Å². The Kier molecular flexibility index (Phi) is 4.18. The van der Waals surface area contributed by atoms with Gasteiger partial charge in [-0.2, -0.15) is 0 Å². The fourth-order valence-electron chi connectivity index (χ4n) is 2.32. The number of nitrogens with two attached hydrogens (primary N) is 2. The van der Waals surface area contributed by atoms with Crippen LogP contribution in [0.1, 0.15) is 16.1 Å². The molecule has 0 radical (unpaired) electrons. The summed E-state index contributed by atoms with van der Waals surface area (Å²) < 4.78 is 24.1. The molecule has 1 aliphatic heterocycles. The van der Waals surface area contributed by atoms with Gasteiger partial charge in [0.25, 0.3) is 5.91 Å². The molecule has 1 fully saturated rings. The summed E-state index contributed by atoms with van der Waals surface area (Å²) in [6, 6.07) is 0.00809. The van der Waals surface area contributed by atoms with E-state index in [1.54, 1.807) is 14.1 Å². The van der Waals surface area contributed by atoms with Gasteiger partial charge in [-0.05, 0) is 6.42 Å². The Morgan fingerprint density at radius 3 is 2.48 bits per heavy atom. The molecule has 0 saturated carbocycles. The molecule has 0 aromatic carbocycles. The SMILES string of the molecule is CN(C)C(=O)c1sc(N2CCC(N)C2)c(S(C)(=O)=O)c1N. The molecule has 0 bridgehead atoms. The Hall–Kier alpha value is -1.32. The van der Waals surface area contributed by atoms with Crippen molar-refractivity contribution in [3.8, 4) is 0 Å². The van der Waals surface area contributed by atoms with Gasteiger partial charge in [-0.3, -0.25) is 4.79 Å². The molecule has 1 aliphatic rings. The van der Waals surface area contributed by atoms with Crippen molar-refractivity contribution in [3.63, 3.8) is 0 Å². The van der Waals surface area contributed by atoms with Crippen molar-refractivity contribution in [1.82, 2.24) is 4.90 Å². The summed E-state index contributed by atoms with van der Waals surface area (Å²) in [6.07, 6.45) is 1.90. The van der Waals surface area contributed by atoms with Gasteiger partial charge in [-0.25, -0.2) is 8.42 Å². The molecule has 0 spiro atoms. The molecule has 7 nitrogen and oxygen atoms in total. The summed E-state index contributed by atoms with van der Waals surface area (Å²) in [5.74, 6) is -0.294. The fraction of sp³-hybridized carbons (Fsp3) is 0.583. The third kappa shape index (κ3) is 2.99. The molecular weight excluding hydrogens is 312 g/mol. The molecule has 2 heterocycles. The third-order valence-corrected chi connectivity index (χ3v) is 5.90. The Bertz CT molecular complexity index is 666. The van der Waals surface area contributed by atoms with Crippen LogP contribution in [-0.4, -0.2) is 58.7 Å². The molecule has 1 saturated heterocycles. The molecule has 9 heteroatoms. The number of anilines is 2. The molecule has 1 amide bonds. The summed E-state index contributed by atoms with van der Waals surface area (Å²) in [5, 5.41) is 0.521. The normalized spacial score (nSPS) is 19.0. The zero-order valence-corrected chi connectivity index (χ0v) is 13.9. The number of carbonyl (C=O) groups excluding carboxylic acids is 1. The van der Waals surface area contributed by atoms with Gasteiger partial charge in [0.15, 0.2) is 9.84 Å². The first-order valence-corrected chi connectivity index (χ1v) is 9.18. The number of nitrogen functional groups attached to an aromatic ring is 1. The number of thiophene rings is 1. The molecule has 1 atom stereocenters. The predicted molar refractivity (Wildman–Crippen MR) is 84.7 cm³/mol. The maximum absolute atomic E-state index is 12.2. The zero-order valence-electron chi connectivity index (χ0n) is 12.3. The highest BCUT2D eigenvalue weighted by Gasteiger charge is 2.32. The van der Waals surface area contributed by atoms with Gasteiger partial charge >= 0.3 is 0 Å². The first-order chi connectivity index (χ1) is 9.62. The number of sulfone groups is 1. The van der Waals surface area contributed by atoms with Gasteiger partial charge in [0.1, 0.15) is 14.8 Å². The van der Waals surface area contributed by atoms with E-state index in [-0.39, 0.29) is 27.4 Å². The minimum Gasteiger partial charge on any atom is -0.396 e. The molecule has 0 aliphatic carbocycles. The van der Waals surface area contributed by atoms with Crippen LogP contribution in [-0.2, 0) is 9.84 Å². The highest BCUT2D eigenvalue weighted by Crippen LogP contribution is 2.42. The van der Waals surface area contributed by atoms with E-state index >= 15 is 0 Å². The lowest BCUT2D eigenvalue weighted by atomic mass is 10.3. The van der Waals surface area contributed by atoms with Crippen molar-refractivity contribution in [1.29, 1.82) is 0 Å². The highest BCUT2D eigenvalue weighted by molar-refractivity contribution is 7.91. The Morgan fingerprint density at radius 2 is 2.05 bits per heavy atom. The minimum atomic E-state index is -3.53. The Morgan fingerprint density at radius 1 is 1.43 bits per heavy atom. The second-order valence-corrected chi connectivity index (χ2v) is 8.40. The lowest BCUT2D eigenvalue weighted by molar-refractivity contribution is 0.0833. The number of hydrogen-bond donors (Lipinski definition) is 2. The first-order valence-electron chi connectivity index (χ1n) is 6.47. The summed E-state index contributed by atoms with van der Waals surface area (Å²) in [7, 11) is -0.317. The van der Waals surface area contributed by atoms with E-state index in [1.165, 1.54) is 4.90 Å². The van der Waals surface area contributed by atoms with E-state index in [0.29, 0.717) is 18.1 Å². The quantitative estimate of drug-likeness (QED) is 0.804. The van der Waals surface area contributed by atoms with Gasteiger partial charge in [0.05, 0.1) is 5.69 Å². The van der Waals surface area contributed by atoms with Crippen LogP contribution in [0.5, 0.6) is 0 Å². The molecular formula is C12H20N4O3S2. The zero-order chi connectivity index (χ0) is 15.9. The molecule has 4 N–H and O–H groups in total. The molecule has 1 unspecified atom stereocenters. The van der Waals surface area contributed by atoms with Crippen LogP contribution in [0.15, 0.2) is 4.90 Å². The third-order valence-electron chi connectivity index (χ3n) is 3.37. The topological polar surface area (TPSA) is 110 Å². The monoisotopic (exact) mass is 332 g/mol. The second-order valence-electron chi connectivity index (χ2n) is 5.45. The van der Waals surface area contributed by atoms with Gasteiger partial charge < -0.3 is 21.3 Å². The smallest absolute Gasteiger partial charge is 0.265 e. The van der Waals surface area contributed by atoms with Crippen molar-refractivity contribution in [2.45, 2.75) is 17.4 Å². The van der Waals surface area contributed by atoms with Gasteiger partial charge in [-0.15, -0.1) is 11.3 Å². The van der Waals surface area contributed by atoms with Crippen LogP contribution in [0.3, 0.4) is 0 Å². The summed E-state index contributed by atoms with van der Waals surface area (Å²) in [6.45, 7) is 1.23. The van der Waals surface area contributed by atoms with Gasteiger partial charge in [0, 0.05) is 39.5 Å². The van der Waals surface area contributed by atoms with Crippen molar-refractivity contribution >= 4 is 37.8 Å². The highest BCUT2D eigenvalue weighted by atomic mass is 32.2. The maximum atomic E-state index is 12.2. The van der Waals surface area contributed by atoms with Crippen molar-refractivity contribution in [2.75, 3.05) is 44.1 Å². The van der Waals surface area contributed by atoms with E-state index in [4.69, 9.17) is 11.5 Å². The maximum Gasteiger partial charge on any atom is 0.265 e. The molecule has 1 aromatic heterocycles. The van der Waals surface area contributed by atoms with E-state index in [1.807, 2.05) is 4.90 Å². The summed E-state index contributed by atoms with van der Waals surface area (Å²) in [5.41, 5.74) is 11.9. The number of hydrogen-bond acceptors (Lipinski definition) is 7. The fourth-order valence-corrected chi connectivity index (χ4v) is 5.08.